The number of primary amides is 1. The molecule has 3 heterocycles. The SMILES string of the molecule is CCn1c(N)c(C(N)=O)c(=O)c2cnc(Nc3ccc(CCN4CCCCC4)cc3)nc21.Cl. The molecule has 2 aromatic heterocycles. The molecule has 5 N–H and O–H groups in total. The van der Waals surface area contributed by atoms with E-state index in [2.05, 4.69) is 32.3 Å². The number of benzene rings is 1. The number of piperidine rings is 1. The van der Waals surface area contributed by atoms with Gasteiger partial charge in [0.15, 0.2) is 5.65 Å². The molecular weight excluding hydrogens is 442 g/mol. The average Bonchev–Trinajstić information content (AvgIpc) is 2.79. The molecule has 3 aromatic rings. The number of hydrogen-bond donors (Lipinski definition) is 3. The van der Waals surface area contributed by atoms with Crippen LogP contribution in [0.1, 0.15) is 42.1 Å². The topological polar surface area (TPSA) is 132 Å². The van der Waals surface area contributed by atoms with E-state index in [1.807, 2.05) is 19.1 Å². The standard InChI is InChI=1S/C23H29N7O2.ClH/c1-2-30-20(24)18(21(25)32)19(31)17-14-26-23(28-22(17)30)27-16-8-6-15(7-9-16)10-13-29-11-4-3-5-12-29;/h6-9,14H,2-5,10-13,24H2,1H3,(H2,25,32)(H,26,27,28);1H. The summed E-state index contributed by atoms with van der Waals surface area (Å²) in [5.74, 6) is -0.509. The molecular formula is C23H30ClN7O2. The zero-order chi connectivity index (χ0) is 22.7. The fourth-order valence-corrected chi connectivity index (χ4v) is 4.21. The van der Waals surface area contributed by atoms with Crippen LogP contribution in [0, 0.1) is 0 Å². The number of anilines is 3. The molecule has 176 valence electrons. The van der Waals surface area contributed by atoms with Gasteiger partial charge in [0.1, 0.15) is 11.4 Å². The minimum atomic E-state index is -0.862. The first-order chi connectivity index (χ1) is 15.5. The van der Waals surface area contributed by atoms with E-state index in [1.165, 1.54) is 44.1 Å². The van der Waals surface area contributed by atoms with Gasteiger partial charge in [-0.05, 0) is 57.0 Å². The van der Waals surface area contributed by atoms with Crippen LogP contribution in [0.15, 0.2) is 35.3 Å². The van der Waals surface area contributed by atoms with Crippen LogP contribution in [-0.4, -0.2) is 45.0 Å². The van der Waals surface area contributed by atoms with Crippen molar-refractivity contribution in [1.29, 1.82) is 0 Å². The van der Waals surface area contributed by atoms with Crippen molar-refractivity contribution in [2.45, 2.75) is 39.2 Å². The lowest BCUT2D eigenvalue weighted by atomic mass is 10.1. The Morgan fingerprint density at radius 1 is 1.15 bits per heavy atom. The van der Waals surface area contributed by atoms with Crippen molar-refractivity contribution in [2.24, 2.45) is 5.73 Å². The lowest BCUT2D eigenvalue weighted by Crippen LogP contribution is -2.31. The summed E-state index contributed by atoms with van der Waals surface area (Å²) in [4.78, 5) is 35.6. The summed E-state index contributed by atoms with van der Waals surface area (Å²) in [7, 11) is 0. The summed E-state index contributed by atoms with van der Waals surface area (Å²) < 4.78 is 1.59. The Bertz CT molecular complexity index is 1190. The maximum absolute atomic E-state index is 12.6. The van der Waals surface area contributed by atoms with E-state index in [0.29, 0.717) is 18.1 Å². The molecule has 0 unspecified atom stereocenters. The molecule has 33 heavy (non-hydrogen) atoms. The van der Waals surface area contributed by atoms with Gasteiger partial charge in [-0.25, -0.2) is 4.98 Å². The molecule has 0 bridgehead atoms. The Hall–Kier alpha value is -3.17. The molecule has 0 aliphatic carbocycles. The smallest absolute Gasteiger partial charge is 0.256 e. The number of carbonyl (C=O) groups excluding carboxylic acids is 1. The third-order valence-electron chi connectivity index (χ3n) is 5.98. The molecule has 0 atom stereocenters. The first kappa shape index (κ1) is 24.5. The van der Waals surface area contributed by atoms with Crippen LogP contribution >= 0.6 is 12.4 Å². The Morgan fingerprint density at radius 3 is 2.48 bits per heavy atom. The van der Waals surface area contributed by atoms with Crippen molar-refractivity contribution in [2.75, 3.05) is 30.7 Å². The van der Waals surface area contributed by atoms with Gasteiger partial charge >= 0.3 is 0 Å². The Morgan fingerprint density at radius 2 is 1.85 bits per heavy atom. The van der Waals surface area contributed by atoms with Crippen LogP contribution in [0.25, 0.3) is 11.0 Å². The third-order valence-corrected chi connectivity index (χ3v) is 5.98. The molecule has 1 aliphatic rings. The maximum atomic E-state index is 12.6. The number of nitrogens with two attached hydrogens (primary N) is 2. The molecule has 0 spiro atoms. The third kappa shape index (κ3) is 5.26. The van der Waals surface area contributed by atoms with Gasteiger partial charge < -0.3 is 26.3 Å². The largest absolute Gasteiger partial charge is 0.384 e. The molecule has 1 aliphatic heterocycles. The second kappa shape index (κ2) is 10.6. The molecule has 1 aromatic carbocycles. The minimum absolute atomic E-state index is 0. The molecule has 9 nitrogen and oxygen atoms in total. The number of likely N-dealkylation sites (tertiary alicyclic amines) is 1. The number of nitrogens with zero attached hydrogens (tertiary/aromatic N) is 4. The summed E-state index contributed by atoms with van der Waals surface area (Å²) in [6.07, 6.45) is 6.38. The van der Waals surface area contributed by atoms with Gasteiger partial charge in [0.05, 0.1) is 5.39 Å². The first-order valence-electron chi connectivity index (χ1n) is 11.0. The highest BCUT2D eigenvalue weighted by atomic mass is 35.5. The van der Waals surface area contributed by atoms with Crippen molar-refractivity contribution in [3.8, 4) is 0 Å². The van der Waals surface area contributed by atoms with E-state index in [4.69, 9.17) is 11.5 Å². The number of amides is 1. The van der Waals surface area contributed by atoms with Crippen molar-refractivity contribution in [3.63, 3.8) is 0 Å². The van der Waals surface area contributed by atoms with Crippen LogP contribution < -0.4 is 22.2 Å². The highest BCUT2D eigenvalue weighted by molar-refractivity contribution is 6.00. The zero-order valence-corrected chi connectivity index (χ0v) is 19.5. The van der Waals surface area contributed by atoms with Crippen LogP contribution in [0.4, 0.5) is 17.5 Å². The zero-order valence-electron chi connectivity index (χ0n) is 18.7. The van der Waals surface area contributed by atoms with Crippen LogP contribution in [0.2, 0.25) is 0 Å². The molecule has 1 amide bonds. The molecule has 0 radical (unpaired) electrons. The van der Waals surface area contributed by atoms with Crippen LogP contribution in [0.3, 0.4) is 0 Å². The maximum Gasteiger partial charge on any atom is 0.256 e. The number of rotatable bonds is 7. The Kier molecular flexibility index (Phi) is 7.88. The van der Waals surface area contributed by atoms with Crippen LogP contribution in [0.5, 0.6) is 0 Å². The van der Waals surface area contributed by atoms with Crippen molar-refractivity contribution in [1.82, 2.24) is 19.4 Å². The van der Waals surface area contributed by atoms with E-state index < -0.39 is 11.3 Å². The summed E-state index contributed by atoms with van der Waals surface area (Å²) in [6.45, 7) is 5.76. The lowest BCUT2D eigenvalue weighted by molar-refractivity contribution is 0.1000. The van der Waals surface area contributed by atoms with Crippen molar-refractivity contribution in [3.05, 3.63) is 51.8 Å². The van der Waals surface area contributed by atoms with Crippen LogP contribution in [-0.2, 0) is 13.0 Å². The molecule has 1 fully saturated rings. The number of nitrogen functional groups attached to an aromatic ring is 1. The van der Waals surface area contributed by atoms with Gasteiger partial charge in [-0.15, -0.1) is 12.4 Å². The quantitative estimate of drug-likeness (QED) is 0.482. The highest BCUT2D eigenvalue weighted by Gasteiger charge is 2.20. The number of nitrogens with one attached hydrogen (secondary N) is 1. The van der Waals surface area contributed by atoms with Gasteiger partial charge in [0, 0.05) is 25.0 Å². The Labute approximate surface area is 198 Å². The van der Waals surface area contributed by atoms with E-state index in [9.17, 15) is 9.59 Å². The summed E-state index contributed by atoms with van der Waals surface area (Å²) in [5.41, 5.74) is 13.1. The number of halogens is 1. The number of aryl methyl sites for hydroxylation is 1. The number of hydrogen-bond acceptors (Lipinski definition) is 7. The first-order valence-corrected chi connectivity index (χ1v) is 11.0. The summed E-state index contributed by atoms with van der Waals surface area (Å²) >= 11 is 0. The molecule has 10 heteroatoms. The summed E-state index contributed by atoms with van der Waals surface area (Å²) in [6, 6.07) is 8.20. The number of fused-ring (bicyclic) bond motifs is 1. The van der Waals surface area contributed by atoms with Crippen molar-refractivity contribution < 1.29 is 4.79 Å². The van der Waals surface area contributed by atoms with Crippen molar-refractivity contribution >= 4 is 46.8 Å². The fourth-order valence-electron chi connectivity index (χ4n) is 4.21. The molecule has 1 saturated heterocycles. The molecule has 4 rings (SSSR count). The summed E-state index contributed by atoms with van der Waals surface area (Å²) in [5, 5.41) is 3.38. The number of aromatic nitrogens is 3. The lowest BCUT2D eigenvalue weighted by Gasteiger charge is -2.26. The fraction of sp³-hybridized carbons (Fsp3) is 0.391. The van der Waals surface area contributed by atoms with Gasteiger partial charge in [-0.3, -0.25) is 9.59 Å². The van der Waals surface area contributed by atoms with E-state index in [-0.39, 0.29) is 29.2 Å². The minimum Gasteiger partial charge on any atom is -0.384 e. The van der Waals surface area contributed by atoms with Gasteiger partial charge in [-0.2, -0.15) is 4.98 Å². The van der Waals surface area contributed by atoms with E-state index in [0.717, 1.165) is 18.7 Å². The predicted octanol–water partition coefficient (Wildman–Crippen LogP) is 2.69. The second-order valence-electron chi connectivity index (χ2n) is 8.10. The van der Waals surface area contributed by atoms with Gasteiger partial charge in [0.2, 0.25) is 11.4 Å². The number of pyridine rings is 1. The average molecular weight is 472 g/mol. The number of carbonyl (C=O) groups is 1. The molecule has 0 saturated carbocycles. The Balaban J connectivity index is 0.00000306. The monoisotopic (exact) mass is 471 g/mol. The predicted molar refractivity (Wildman–Crippen MR) is 133 cm³/mol. The van der Waals surface area contributed by atoms with E-state index >= 15 is 0 Å². The highest BCUT2D eigenvalue weighted by Crippen LogP contribution is 2.20. The van der Waals surface area contributed by atoms with Gasteiger partial charge in [-0.1, -0.05) is 18.6 Å². The van der Waals surface area contributed by atoms with E-state index in [1.54, 1.807) is 4.57 Å². The normalized spacial score (nSPS) is 14.1. The second-order valence-corrected chi connectivity index (χ2v) is 8.10. The van der Waals surface area contributed by atoms with Gasteiger partial charge in [0.25, 0.3) is 5.91 Å².